The molecule has 2 amide bonds. The summed E-state index contributed by atoms with van der Waals surface area (Å²) in [6.07, 6.45) is 3.58. The summed E-state index contributed by atoms with van der Waals surface area (Å²) in [5.41, 5.74) is -0.172. The molecule has 2 aromatic carbocycles. The Morgan fingerprint density at radius 3 is 2.39 bits per heavy atom. The zero-order valence-corrected chi connectivity index (χ0v) is 19.1. The molecule has 0 N–H and O–H groups in total. The molecule has 176 valence electrons. The first-order valence-corrected chi connectivity index (χ1v) is 11.7. The molecule has 4 rings (SSSR count). The fraction of sp³-hybridized carbons (Fsp3) is 0.440. The SMILES string of the molecule is O=C(C[C@H]1CN(C(=O)c2ccc(F)cc2F)CC[C@@H]1Oc1ccc(Cl)cc1)N1CCCCC1. The molecule has 2 heterocycles. The Balaban J connectivity index is 1.50. The highest BCUT2D eigenvalue weighted by Crippen LogP contribution is 2.29. The van der Waals surface area contributed by atoms with E-state index in [4.69, 9.17) is 16.3 Å². The van der Waals surface area contributed by atoms with Gasteiger partial charge < -0.3 is 14.5 Å². The lowest BCUT2D eigenvalue weighted by Gasteiger charge is -2.39. The molecule has 2 aromatic rings. The van der Waals surface area contributed by atoms with Crippen LogP contribution in [0.1, 0.15) is 42.5 Å². The largest absolute Gasteiger partial charge is 0.490 e. The number of piperidine rings is 2. The maximum atomic E-state index is 14.2. The minimum absolute atomic E-state index is 0.0478. The molecule has 0 bridgehead atoms. The Morgan fingerprint density at radius 1 is 0.970 bits per heavy atom. The van der Waals surface area contributed by atoms with Crippen molar-refractivity contribution >= 4 is 23.4 Å². The van der Waals surface area contributed by atoms with Crippen molar-refractivity contribution in [3.05, 3.63) is 64.7 Å². The molecule has 2 aliphatic heterocycles. The van der Waals surface area contributed by atoms with Crippen LogP contribution in [0.4, 0.5) is 8.78 Å². The highest BCUT2D eigenvalue weighted by atomic mass is 35.5. The van der Waals surface area contributed by atoms with Gasteiger partial charge in [0.25, 0.3) is 5.91 Å². The zero-order chi connectivity index (χ0) is 23.4. The van der Waals surface area contributed by atoms with E-state index >= 15 is 0 Å². The Bertz CT molecular complexity index is 996. The van der Waals surface area contributed by atoms with Crippen LogP contribution in [0.15, 0.2) is 42.5 Å². The molecule has 0 saturated carbocycles. The first kappa shape index (κ1) is 23.5. The quantitative estimate of drug-likeness (QED) is 0.614. The average molecular weight is 477 g/mol. The molecule has 2 aliphatic rings. The summed E-state index contributed by atoms with van der Waals surface area (Å²) in [5, 5.41) is 0.598. The molecule has 0 radical (unpaired) electrons. The summed E-state index contributed by atoms with van der Waals surface area (Å²) in [6, 6.07) is 9.97. The van der Waals surface area contributed by atoms with Crippen molar-refractivity contribution in [1.29, 1.82) is 0 Å². The van der Waals surface area contributed by atoms with E-state index in [9.17, 15) is 18.4 Å². The Hall–Kier alpha value is -2.67. The summed E-state index contributed by atoms with van der Waals surface area (Å²) in [4.78, 5) is 29.4. The number of hydrogen-bond acceptors (Lipinski definition) is 3. The van der Waals surface area contributed by atoms with Crippen molar-refractivity contribution < 1.29 is 23.1 Å². The molecule has 0 aromatic heterocycles. The number of carbonyl (C=O) groups excluding carboxylic acids is 2. The highest BCUT2D eigenvalue weighted by molar-refractivity contribution is 6.30. The maximum Gasteiger partial charge on any atom is 0.256 e. The van der Waals surface area contributed by atoms with Gasteiger partial charge in [0.2, 0.25) is 5.91 Å². The minimum Gasteiger partial charge on any atom is -0.490 e. The van der Waals surface area contributed by atoms with Gasteiger partial charge in [0, 0.05) is 56.0 Å². The van der Waals surface area contributed by atoms with E-state index in [0.717, 1.165) is 44.5 Å². The van der Waals surface area contributed by atoms with Crippen molar-refractivity contribution in [2.45, 2.75) is 38.2 Å². The molecule has 0 aliphatic carbocycles. The number of rotatable bonds is 5. The Labute approximate surface area is 197 Å². The minimum atomic E-state index is -0.888. The summed E-state index contributed by atoms with van der Waals surface area (Å²) in [7, 11) is 0. The Kier molecular flexibility index (Phi) is 7.48. The fourth-order valence-corrected chi connectivity index (χ4v) is 4.69. The van der Waals surface area contributed by atoms with Crippen LogP contribution in [0.2, 0.25) is 5.02 Å². The second kappa shape index (κ2) is 10.5. The topological polar surface area (TPSA) is 49.9 Å². The van der Waals surface area contributed by atoms with Gasteiger partial charge in [0.1, 0.15) is 23.5 Å². The standard InChI is InChI=1S/C25H27ClF2N2O3/c26-18-4-7-20(8-5-18)33-23-10-13-30(25(32)21-9-6-19(27)15-22(21)28)16-17(23)14-24(31)29-11-2-1-3-12-29/h4-9,15,17,23H,1-3,10-14,16H2/t17-,23-/m0/s1. The monoisotopic (exact) mass is 476 g/mol. The van der Waals surface area contributed by atoms with Gasteiger partial charge in [-0.3, -0.25) is 9.59 Å². The van der Waals surface area contributed by atoms with Crippen LogP contribution in [0, 0.1) is 17.6 Å². The van der Waals surface area contributed by atoms with Gasteiger partial charge >= 0.3 is 0 Å². The van der Waals surface area contributed by atoms with E-state index in [1.165, 1.54) is 4.90 Å². The highest BCUT2D eigenvalue weighted by Gasteiger charge is 2.36. The van der Waals surface area contributed by atoms with Crippen LogP contribution in [0.3, 0.4) is 0 Å². The number of likely N-dealkylation sites (tertiary alicyclic amines) is 2. The van der Waals surface area contributed by atoms with Crippen LogP contribution in [0.25, 0.3) is 0 Å². The summed E-state index contributed by atoms with van der Waals surface area (Å²) < 4.78 is 33.7. The second-order valence-corrected chi connectivity index (χ2v) is 9.12. The number of halogens is 3. The van der Waals surface area contributed by atoms with Crippen molar-refractivity contribution in [3.8, 4) is 5.75 Å². The third kappa shape index (κ3) is 5.82. The van der Waals surface area contributed by atoms with E-state index in [1.807, 2.05) is 4.90 Å². The third-order valence-corrected chi connectivity index (χ3v) is 6.61. The van der Waals surface area contributed by atoms with E-state index in [0.29, 0.717) is 29.8 Å². The smallest absolute Gasteiger partial charge is 0.256 e. The first-order chi connectivity index (χ1) is 15.9. The molecule has 0 unspecified atom stereocenters. The maximum absolute atomic E-state index is 14.2. The third-order valence-electron chi connectivity index (χ3n) is 6.36. The van der Waals surface area contributed by atoms with Crippen molar-refractivity contribution in [2.24, 2.45) is 5.92 Å². The number of ether oxygens (including phenoxy) is 1. The lowest BCUT2D eigenvalue weighted by Crippen LogP contribution is -2.50. The first-order valence-electron chi connectivity index (χ1n) is 11.3. The van der Waals surface area contributed by atoms with Gasteiger partial charge in [-0.2, -0.15) is 0 Å². The van der Waals surface area contributed by atoms with E-state index in [1.54, 1.807) is 24.3 Å². The normalized spacial score (nSPS) is 21.1. The van der Waals surface area contributed by atoms with Crippen molar-refractivity contribution in [2.75, 3.05) is 26.2 Å². The number of amides is 2. The molecule has 2 saturated heterocycles. The summed E-state index contributed by atoms with van der Waals surface area (Å²) in [5.74, 6) is -1.69. The molecule has 0 spiro atoms. The molecule has 5 nitrogen and oxygen atoms in total. The summed E-state index contributed by atoms with van der Waals surface area (Å²) >= 11 is 5.97. The van der Waals surface area contributed by atoms with Gasteiger partial charge in [-0.05, 0) is 55.7 Å². The lowest BCUT2D eigenvalue weighted by atomic mass is 9.90. The van der Waals surface area contributed by atoms with E-state index < -0.39 is 17.5 Å². The van der Waals surface area contributed by atoms with Crippen LogP contribution in [0.5, 0.6) is 5.75 Å². The summed E-state index contributed by atoms with van der Waals surface area (Å²) in [6.45, 7) is 2.10. The van der Waals surface area contributed by atoms with E-state index in [2.05, 4.69) is 0 Å². The fourth-order valence-electron chi connectivity index (χ4n) is 4.56. The van der Waals surface area contributed by atoms with Crippen LogP contribution in [-0.4, -0.2) is 53.9 Å². The molecule has 8 heteroatoms. The number of benzene rings is 2. The molecular weight excluding hydrogens is 450 g/mol. The molecule has 2 fully saturated rings. The second-order valence-electron chi connectivity index (χ2n) is 8.68. The van der Waals surface area contributed by atoms with Gasteiger partial charge in [-0.25, -0.2) is 8.78 Å². The van der Waals surface area contributed by atoms with Crippen LogP contribution >= 0.6 is 11.6 Å². The molecule has 2 atom stereocenters. The number of carbonyl (C=O) groups is 2. The Morgan fingerprint density at radius 2 is 1.70 bits per heavy atom. The lowest BCUT2D eigenvalue weighted by molar-refractivity contribution is -0.134. The number of hydrogen-bond donors (Lipinski definition) is 0. The van der Waals surface area contributed by atoms with Gasteiger partial charge in [0.05, 0.1) is 5.56 Å². The average Bonchev–Trinajstić information content (AvgIpc) is 2.82. The predicted molar refractivity (Wildman–Crippen MR) is 121 cm³/mol. The van der Waals surface area contributed by atoms with Gasteiger partial charge in [-0.1, -0.05) is 11.6 Å². The van der Waals surface area contributed by atoms with Gasteiger partial charge in [0.15, 0.2) is 0 Å². The van der Waals surface area contributed by atoms with Crippen LogP contribution < -0.4 is 4.74 Å². The van der Waals surface area contributed by atoms with Crippen LogP contribution in [-0.2, 0) is 4.79 Å². The van der Waals surface area contributed by atoms with Crippen molar-refractivity contribution in [1.82, 2.24) is 9.80 Å². The van der Waals surface area contributed by atoms with E-state index in [-0.39, 0.29) is 36.5 Å². The zero-order valence-electron chi connectivity index (χ0n) is 18.3. The van der Waals surface area contributed by atoms with Gasteiger partial charge in [-0.15, -0.1) is 0 Å². The predicted octanol–water partition coefficient (Wildman–Crippen LogP) is 4.93. The molecule has 33 heavy (non-hydrogen) atoms. The molecular formula is C25H27ClF2N2O3. The van der Waals surface area contributed by atoms with Crippen molar-refractivity contribution in [3.63, 3.8) is 0 Å². The number of nitrogens with zero attached hydrogens (tertiary/aromatic N) is 2.